The van der Waals surface area contributed by atoms with Crippen molar-refractivity contribution >= 4 is 48.4 Å². The molecule has 5 aromatic carbocycles. The number of aryl methyl sites for hydroxylation is 1. The second-order valence-electron chi connectivity index (χ2n) is 11.0. The number of carbonyl (C=O) groups excluding carboxylic acids is 1. The molecule has 234 valence electrons. The second-order valence-corrected chi connectivity index (χ2v) is 12.7. The number of fused-ring (bicyclic) bond motifs is 6. The third kappa shape index (κ3) is 6.43. The Kier molecular flexibility index (Phi) is 8.47. The van der Waals surface area contributed by atoms with Crippen molar-refractivity contribution in [3.05, 3.63) is 132 Å². The summed E-state index contributed by atoms with van der Waals surface area (Å²) >= 11 is 0. The summed E-state index contributed by atoms with van der Waals surface area (Å²) < 4.78 is 67.4. The summed E-state index contributed by atoms with van der Waals surface area (Å²) in [5.41, 5.74) is 4.12. The number of pyridine rings is 1. The molecule has 46 heavy (non-hydrogen) atoms. The highest BCUT2D eigenvalue weighted by Gasteiger charge is 2.32. The molecule has 11 heteroatoms. The molecule has 7 rings (SSSR count). The lowest BCUT2D eigenvalue weighted by atomic mass is 9.84. The number of amides is 1. The zero-order valence-electron chi connectivity index (χ0n) is 24.3. The summed E-state index contributed by atoms with van der Waals surface area (Å²) in [6.07, 6.45) is -1.13. The van der Waals surface area contributed by atoms with Crippen molar-refractivity contribution in [2.24, 2.45) is 0 Å². The topological polar surface area (TPSA) is 108 Å². The lowest BCUT2D eigenvalue weighted by molar-refractivity contribution is -0.137. The number of benzene rings is 5. The SMILES string of the molecule is O=C(NO)c1ccc2ncccc2c1.O=S(=O)(NC1CCc2ccc3c(ccc4ccccc43)c2C1)c1cccc(C(F)(F)F)c1. The number of hydrogen-bond donors (Lipinski definition) is 3. The van der Waals surface area contributed by atoms with E-state index in [-0.39, 0.29) is 10.9 Å². The van der Waals surface area contributed by atoms with Crippen LogP contribution in [0, 0.1) is 0 Å². The van der Waals surface area contributed by atoms with E-state index >= 15 is 0 Å². The second kappa shape index (κ2) is 12.5. The average molecular weight is 644 g/mol. The highest BCUT2D eigenvalue weighted by Crippen LogP contribution is 2.34. The van der Waals surface area contributed by atoms with E-state index in [0.29, 0.717) is 30.9 Å². The van der Waals surface area contributed by atoms with E-state index in [0.717, 1.165) is 50.1 Å². The molecule has 0 radical (unpaired) electrons. The summed E-state index contributed by atoms with van der Waals surface area (Å²) in [6, 6.07) is 28.6. The summed E-state index contributed by atoms with van der Waals surface area (Å²) in [5, 5.41) is 13.8. The molecule has 1 heterocycles. The van der Waals surface area contributed by atoms with Gasteiger partial charge in [-0.1, -0.05) is 60.7 Å². The Morgan fingerprint density at radius 1 is 0.826 bits per heavy atom. The monoisotopic (exact) mass is 643 g/mol. The Balaban J connectivity index is 0.000000221. The predicted molar refractivity (Wildman–Crippen MR) is 170 cm³/mol. The number of aromatic nitrogens is 1. The fraction of sp³-hybridized carbons (Fsp3) is 0.143. The maximum absolute atomic E-state index is 13.0. The summed E-state index contributed by atoms with van der Waals surface area (Å²) in [5.74, 6) is -0.518. The first-order chi connectivity index (χ1) is 22.0. The van der Waals surface area contributed by atoms with Gasteiger partial charge < -0.3 is 0 Å². The number of alkyl halides is 3. The van der Waals surface area contributed by atoms with Gasteiger partial charge in [-0.3, -0.25) is 15.0 Å². The Morgan fingerprint density at radius 3 is 2.41 bits per heavy atom. The Morgan fingerprint density at radius 2 is 1.61 bits per heavy atom. The van der Waals surface area contributed by atoms with Gasteiger partial charge in [0.25, 0.3) is 5.91 Å². The first-order valence-corrected chi connectivity index (χ1v) is 15.9. The van der Waals surface area contributed by atoms with E-state index in [9.17, 15) is 26.4 Å². The number of sulfonamides is 1. The molecule has 3 N–H and O–H groups in total. The molecule has 0 bridgehead atoms. The lowest BCUT2D eigenvalue weighted by Gasteiger charge is -2.27. The van der Waals surface area contributed by atoms with Crippen molar-refractivity contribution in [1.82, 2.24) is 15.2 Å². The van der Waals surface area contributed by atoms with Crippen LogP contribution in [0.4, 0.5) is 13.2 Å². The van der Waals surface area contributed by atoms with Gasteiger partial charge in [0.15, 0.2) is 0 Å². The molecule has 0 spiro atoms. The van der Waals surface area contributed by atoms with Gasteiger partial charge in [-0.15, -0.1) is 0 Å². The van der Waals surface area contributed by atoms with Crippen molar-refractivity contribution in [3.8, 4) is 0 Å². The molecule has 1 aromatic heterocycles. The van der Waals surface area contributed by atoms with Gasteiger partial charge in [-0.2, -0.15) is 13.2 Å². The number of carbonyl (C=O) groups is 1. The van der Waals surface area contributed by atoms with Crippen LogP contribution in [0.3, 0.4) is 0 Å². The van der Waals surface area contributed by atoms with Gasteiger partial charge in [-0.25, -0.2) is 18.6 Å². The zero-order chi connectivity index (χ0) is 32.5. The number of nitrogens with one attached hydrogen (secondary N) is 2. The molecular formula is C35H28F3N3O4S. The quantitative estimate of drug-likeness (QED) is 0.107. The number of hydrogen-bond acceptors (Lipinski definition) is 5. The zero-order valence-corrected chi connectivity index (χ0v) is 25.1. The molecule has 7 nitrogen and oxygen atoms in total. The van der Waals surface area contributed by atoms with Crippen molar-refractivity contribution in [2.45, 2.75) is 36.4 Å². The minimum absolute atomic E-state index is 0.373. The minimum Gasteiger partial charge on any atom is -0.288 e. The van der Waals surface area contributed by atoms with Crippen LogP contribution in [0.1, 0.15) is 33.5 Å². The van der Waals surface area contributed by atoms with E-state index in [1.54, 1.807) is 35.9 Å². The van der Waals surface area contributed by atoms with Gasteiger partial charge in [0.1, 0.15) is 0 Å². The van der Waals surface area contributed by atoms with Gasteiger partial charge in [0.05, 0.1) is 16.0 Å². The van der Waals surface area contributed by atoms with Crippen LogP contribution < -0.4 is 10.2 Å². The summed E-state index contributed by atoms with van der Waals surface area (Å²) in [7, 11) is -4.08. The Hall–Kier alpha value is -4.84. The van der Waals surface area contributed by atoms with Crippen LogP contribution in [-0.2, 0) is 29.0 Å². The number of rotatable bonds is 4. The molecule has 1 aliphatic carbocycles. The van der Waals surface area contributed by atoms with Crippen LogP contribution in [0.25, 0.3) is 32.4 Å². The van der Waals surface area contributed by atoms with E-state index in [1.165, 1.54) is 11.6 Å². The fourth-order valence-electron chi connectivity index (χ4n) is 5.86. The maximum atomic E-state index is 13.0. The predicted octanol–water partition coefficient (Wildman–Crippen LogP) is 7.20. The number of halogens is 3. The van der Waals surface area contributed by atoms with E-state index in [2.05, 4.69) is 46.1 Å². The summed E-state index contributed by atoms with van der Waals surface area (Å²) in [4.78, 5) is 14.8. The van der Waals surface area contributed by atoms with Gasteiger partial charge >= 0.3 is 6.18 Å². The molecule has 0 saturated carbocycles. The minimum atomic E-state index is -4.60. The fourth-order valence-corrected chi connectivity index (χ4v) is 7.17. The van der Waals surface area contributed by atoms with Crippen LogP contribution in [-0.4, -0.2) is 30.6 Å². The van der Waals surface area contributed by atoms with Gasteiger partial charge in [-0.05, 0) is 94.4 Å². The first kappa shape index (κ1) is 31.2. The van der Waals surface area contributed by atoms with E-state index in [1.807, 2.05) is 18.2 Å². The molecule has 1 amide bonds. The molecule has 6 aromatic rings. The van der Waals surface area contributed by atoms with Crippen LogP contribution >= 0.6 is 0 Å². The van der Waals surface area contributed by atoms with Crippen LogP contribution in [0.5, 0.6) is 0 Å². The van der Waals surface area contributed by atoms with E-state index in [4.69, 9.17) is 5.21 Å². The van der Waals surface area contributed by atoms with Crippen LogP contribution in [0.2, 0.25) is 0 Å². The molecule has 1 unspecified atom stereocenters. The van der Waals surface area contributed by atoms with Crippen LogP contribution in [0.15, 0.2) is 114 Å². The van der Waals surface area contributed by atoms with Crippen molar-refractivity contribution in [3.63, 3.8) is 0 Å². The highest BCUT2D eigenvalue weighted by atomic mass is 32.2. The number of hydroxylamine groups is 1. The largest absolute Gasteiger partial charge is 0.416 e. The van der Waals surface area contributed by atoms with Gasteiger partial charge in [0, 0.05) is 23.2 Å². The standard InChI is InChI=1S/C25H20F3NO2S.C10H8N2O2/c26-25(27,28)18-5-3-6-20(14-18)32(30,31)29-19-11-8-17-10-12-22-21-7-2-1-4-16(21)9-13-23(22)24(17)15-19;13-10(12-14)8-3-4-9-7(6-8)2-1-5-11-9/h1-7,9-10,12-14,19,29H,8,11,15H2;1-6,14H,(H,12,13). The maximum Gasteiger partial charge on any atom is 0.416 e. The Labute approximate surface area is 262 Å². The normalized spacial score (nSPS) is 14.8. The summed E-state index contributed by atoms with van der Waals surface area (Å²) in [6.45, 7) is 0. The molecule has 1 atom stereocenters. The Bertz CT molecular complexity index is 2200. The van der Waals surface area contributed by atoms with Crippen molar-refractivity contribution < 1.29 is 31.6 Å². The van der Waals surface area contributed by atoms with Gasteiger partial charge in [0.2, 0.25) is 10.0 Å². The molecule has 1 aliphatic rings. The van der Waals surface area contributed by atoms with Crippen molar-refractivity contribution in [1.29, 1.82) is 0 Å². The smallest absolute Gasteiger partial charge is 0.288 e. The third-order valence-corrected chi connectivity index (χ3v) is 9.63. The number of nitrogens with zero attached hydrogens (tertiary/aromatic N) is 1. The molecule has 0 saturated heterocycles. The third-order valence-electron chi connectivity index (χ3n) is 8.11. The highest BCUT2D eigenvalue weighted by molar-refractivity contribution is 7.89. The average Bonchev–Trinajstić information content (AvgIpc) is 3.07. The molecule has 0 fully saturated rings. The molecule has 0 aliphatic heterocycles. The van der Waals surface area contributed by atoms with E-state index < -0.39 is 27.7 Å². The first-order valence-electron chi connectivity index (χ1n) is 14.4. The van der Waals surface area contributed by atoms with Crippen molar-refractivity contribution in [2.75, 3.05) is 0 Å². The lowest BCUT2D eigenvalue weighted by Crippen LogP contribution is -2.39. The molecular weight excluding hydrogens is 615 g/mol.